The molecule has 1 aliphatic rings. The Bertz CT molecular complexity index is 929. The molecule has 0 saturated heterocycles. The summed E-state index contributed by atoms with van der Waals surface area (Å²) < 4.78 is 5.08. The highest BCUT2D eigenvalue weighted by molar-refractivity contribution is 6.02. The van der Waals surface area contributed by atoms with E-state index in [1.54, 1.807) is 7.11 Å². The van der Waals surface area contributed by atoms with E-state index in [0.717, 1.165) is 57.3 Å². The molecule has 0 spiro atoms. The fourth-order valence-electron chi connectivity index (χ4n) is 4.22. The Balaban J connectivity index is 1.75. The van der Waals surface area contributed by atoms with E-state index in [9.17, 15) is 9.59 Å². The molecule has 0 saturated carbocycles. The van der Waals surface area contributed by atoms with Crippen molar-refractivity contribution in [1.29, 1.82) is 0 Å². The van der Waals surface area contributed by atoms with Crippen LogP contribution in [-0.4, -0.2) is 38.6 Å². The molecular formula is C27H37N3O3. The van der Waals surface area contributed by atoms with Crippen molar-refractivity contribution in [2.45, 2.75) is 58.4 Å². The third-order valence-corrected chi connectivity index (χ3v) is 6.06. The lowest BCUT2D eigenvalue weighted by molar-refractivity contribution is -0.116. The van der Waals surface area contributed by atoms with Crippen molar-refractivity contribution in [3.05, 3.63) is 59.2 Å². The molecule has 0 unspecified atom stereocenters. The van der Waals surface area contributed by atoms with E-state index in [0.29, 0.717) is 30.8 Å². The van der Waals surface area contributed by atoms with Gasteiger partial charge in [-0.2, -0.15) is 0 Å². The molecule has 1 aliphatic heterocycles. The summed E-state index contributed by atoms with van der Waals surface area (Å²) in [6.45, 7) is 4.92. The van der Waals surface area contributed by atoms with E-state index in [1.807, 2.05) is 18.2 Å². The average Bonchev–Trinajstić information content (AvgIpc) is 2.84. The lowest BCUT2D eigenvalue weighted by Crippen LogP contribution is -2.33. The van der Waals surface area contributed by atoms with Gasteiger partial charge in [0.1, 0.15) is 0 Å². The van der Waals surface area contributed by atoms with Gasteiger partial charge in [-0.15, -0.1) is 0 Å². The summed E-state index contributed by atoms with van der Waals surface area (Å²) in [5, 5.41) is 5.98. The SMILES string of the molecule is CCCCCCC(=O)Nc1ccc(N2CCc3ccccc3C2)c(C(=O)NCCCOC)c1. The van der Waals surface area contributed by atoms with E-state index in [2.05, 4.69) is 46.7 Å². The van der Waals surface area contributed by atoms with Gasteiger partial charge in [0.2, 0.25) is 5.91 Å². The standard InChI is InChI=1S/C27H37N3O3/c1-3-4-5-6-12-26(31)29-23-13-14-25(24(19-23)27(32)28-16-9-18-33-2)30-17-15-21-10-7-8-11-22(21)20-30/h7-8,10-11,13-14,19H,3-6,9,12,15-18,20H2,1-2H3,(H,28,32)(H,29,31). The number of nitrogens with zero attached hydrogens (tertiary/aromatic N) is 1. The first kappa shape index (κ1) is 24.8. The second kappa shape index (κ2) is 13.0. The molecule has 0 aromatic heterocycles. The van der Waals surface area contributed by atoms with Gasteiger partial charge in [0.25, 0.3) is 5.91 Å². The molecule has 0 radical (unpaired) electrons. The van der Waals surface area contributed by atoms with Crippen molar-refractivity contribution in [3.8, 4) is 0 Å². The number of ether oxygens (including phenoxy) is 1. The molecule has 0 atom stereocenters. The first-order valence-corrected chi connectivity index (χ1v) is 12.1. The number of fused-ring (bicyclic) bond motifs is 1. The van der Waals surface area contributed by atoms with Gasteiger partial charge in [0.15, 0.2) is 0 Å². The van der Waals surface area contributed by atoms with Crippen LogP contribution in [-0.2, 0) is 22.5 Å². The molecule has 178 valence electrons. The molecular weight excluding hydrogens is 414 g/mol. The molecule has 3 rings (SSSR count). The smallest absolute Gasteiger partial charge is 0.253 e. The summed E-state index contributed by atoms with van der Waals surface area (Å²) in [7, 11) is 1.66. The average molecular weight is 452 g/mol. The molecule has 0 fully saturated rings. The van der Waals surface area contributed by atoms with Gasteiger partial charge in [-0.05, 0) is 48.6 Å². The number of anilines is 2. The van der Waals surface area contributed by atoms with Crippen LogP contribution in [0.1, 0.15) is 66.9 Å². The monoisotopic (exact) mass is 451 g/mol. The van der Waals surface area contributed by atoms with E-state index >= 15 is 0 Å². The lowest BCUT2D eigenvalue weighted by Gasteiger charge is -2.32. The molecule has 2 N–H and O–H groups in total. The van der Waals surface area contributed by atoms with Gasteiger partial charge in [0, 0.05) is 51.1 Å². The van der Waals surface area contributed by atoms with Crippen molar-refractivity contribution in [3.63, 3.8) is 0 Å². The number of carbonyl (C=O) groups excluding carboxylic acids is 2. The van der Waals surface area contributed by atoms with Crippen molar-refractivity contribution in [1.82, 2.24) is 5.32 Å². The number of carbonyl (C=O) groups is 2. The van der Waals surface area contributed by atoms with Crippen LogP contribution in [0, 0.1) is 0 Å². The summed E-state index contributed by atoms with van der Waals surface area (Å²) in [5.41, 5.74) is 4.81. The van der Waals surface area contributed by atoms with Crippen LogP contribution in [0.25, 0.3) is 0 Å². The van der Waals surface area contributed by atoms with Crippen molar-refractivity contribution in [2.24, 2.45) is 0 Å². The highest BCUT2D eigenvalue weighted by atomic mass is 16.5. The van der Waals surface area contributed by atoms with Gasteiger partial charge in [-0.3, -0.25) is 9.59 Å². The van der Waals surface area contributed by atoms with Crippen LogP contribution >= 0.6 is 0 Å². The van der Waals surface area contributed by atoms with Crippen LogP contribution in [0.15, 0.2) is 42.5 Å². The highest BCUT2D eigenvalue weighted by Crippen LogP contribution is 2.29. The third-order valence-electron chi connectivity index (χ3n) is 6.06. The van der Waals surface area contributed by atoms with Gasteiger partial charge in [-0.1, -0.05) is 50.5 Å². The first-order chi connectivity index (χ1) is 16.1. The Morgan fingerprint density at radius 1 is 1.03 bits per heavy atom. The van der Waals surface area contributed by atoms with Crippen molar-refractivity contribution < 1.29 is 14.3 Å². The molecule has 6 heteroatoms. The summed E-state index contributed by atoms with van der Waals surface area (Å²) in [6.07, 6.45) is 6.45. The van der Waals surface area contributed by atoms with Gasteiger partial charge in [0.05, 0.1) is 5.56 Å². The number of methoxy groups -OCH3 is 1. The Morgan fingerprint density at radius 2 is 1.85 bits per heavy atom. The number of benzene rings is 2. The van der Waals surface area contributed by atoms with E-state index < -0.39 is 0 Å². The number of hydrogen-bond acceptors (Lipinski definition) is 4. The van der Waals surface area contributed by atoms with Gasteiger partial charge < -0.3 is 20.3 Å². The maximum absolute atomic E-state index is 13.1. The Morgan fingerprint density at radius 3 is 2.64 bits per heavy atom. The van der Waals surface area contributed by atoms with Crippen LogP contribution in [0.4, 0.5) is 11.4 Å². The minimum Gasteiger partial charge on any atom is -0.385 e. The minimum absolute atomic E-state index is 0.00259. The molecule has 1 heterocycles. The largest absolute Gasteiger partial charge is 0.385 e. The predicted octanol–water partition coefficient (Wildman–Crippen LogP) is 4.92. The molecule has 6 nitrogen and oxygen atoms in total. The maximum atomic E-state index is 13.1. The summed E-state index contributed by atoms with van der Waals surface area (Å²) in [5.74, 6) is -0.129. The second-order valence-electron chi connectivity index (χ2n) is 8.63. The third kappa shape index (κ3) is 7.32. The molecule has 2 amide bonds. The highest BCUT2D eigenvalue weighted by Gasteiger charge is 2.22. The number of rotatable bonds is 12. The predicted molar refractivity (Wildman–Crippen MR) is 134 cm³/mol. The summed E-state index contributed by atoms with van der Waals surface area (Å²) in [6, 6.07) is 14.1. The quantitative estimate of drug-likeness (QED) is 0.449. The van der Waals surface area contributed by atoms with Gasteiger partial charge >= 0.3 is 0 Å². The zero-order chi connectivity index (χ0) is 23.5. The van der Waals surface area contributed by atoms with Crippen molar-refractivity contribution >= 4 is 23.2 Å². The van der Waals surface area contributed by atoms with E-state index in [4.69, 9.17) is 4.74 Å². The van der Waals surface area contributed by atoms with E-state index in [1.165, 1.54) is 11.1 Å². The number of hydrogen-bond donors (Lipinski definition) is 2. The van der Waals surface area contributed by atoms with Crippen LogP contribution in [0.5, 0.6) is 0 Å². The Hall–Kier alpha value is -2.86. The summed E-state index contributed by atoms with van der Waals surface area (Å²) >= 11 is 0. The fraction of sp³-hybridized carbons (Fsp3) is 0.481. The maximum Gasteiger partial charge on any atom is 0.253 e. The fourth-order valence-corrected chi connectivity index (χ4v) is 4.22. The Kier molecular flexibility index (Phi) is 9.76. The molecule has 2 aromatic carbocycles. The zero-order valence-electron chi connectivity index (χ0n) is 20.0. The minimum atomic E-state index is -0.126. The Labute approximate surface area is 197 Å². The van der Waals surface area contributed by atoms with Crippen LogP contribution in [0.2, 0.25) is 0 Å². The molecule has 0 aliphatic carbocycles. The summed E-state index contributed by atoms with van der Waals surface area (Å²) in [4.78, 5) is 27.7. The number of unbranched alkanes of at least 4 members (excludes halogenated alkanes) is 3. The van der Waals surface area contributed by atoms with Gasteiger partial charge in [-0.25, -0.2) is 0 Å². The molecule has 2 aromatic rings. The molecule has 0 bridgehead atoms. The molecule has 33 heavy (non-hydrogen) atoms. The number of amides is 2. The topological polar surface area (TPSA) is 70.7 Å². The first-order valence-electron chi connectivity index (χ1n) is 12.1. The van der Waals surface area contributed by atoms with Crippen LogP contribution in [0.3, 0.4) is 0 Å². The van der Waals surface area contributed by atoms with Crippen molar-refractivity contribution in [2.75, 3.05) is 37.0 Å². The zero-order valence-corrected chi connectivity index (χ0v) is 20.0. The lowest BCUT2D eigenvalue weighted by atomic mass is 9.98. The van der Waals surface area contributed by atoms with Crippen LogP contribution < -0.4 is 15.5 Å². The second-order valence-corrected chi connectivity index (χ2v) is 8.63. The van der Waals surface area contributed by atoms with E-state index in [-0.39, 0.29) is 11.8 Å². The number of nitrogens with one attached hydrogen (secondary N) is 2. The normalized spacial score (nSPS) is 12.8.